The SMILES string of the molecule is COCc1ccc(C(=O)Nc2ccc(OC)c(-c3ccc(OC)cc3)c2)cc1. The Morgan fingerprint density at radius 2 is 1.57 bits per heavy atom. The largest absolute Gasteiger partial charge is 0.497 e. The summed E-state index contributed by atoms with van der Waals surface area (Å²) in [6, 6.07) is 20.6. The lowest BCUT2D eigenvalue weighted by atomic mass is 10.0. The third-order valence-corrected chi connectivity index (χ3v) is 4.39. The molecule has 1 N–H and O–H groups in total. The van der Waals surface area contributed by atoms with E-state index in [4.69, 9.17) is 14.2 Å². The zero-order chi connectivity index (χ0) is 19.9. The summed E-state index contributed by atoms with van der Waals surface area (Å²) in [6.45, 7) is 0.519. The molecule has 0 aliphatic rings. The molecule has 0 aliphatic heterocycles. The normalized spacial score (nSPS) is 10.4. The molecule has 0 aliphatic carbocycles. The summed E-state index contributed by atoms with van der Waals surface area (Å²) in [5.74, 6) is 1.34. The highest BCUT2D eigenvalue weighted by Gasteiger charge is 2.11. The first kappa shape index (κ1) is 19.5. The van der Waals surface area contributed by atoms with Crippen LogP contribution in [-0.2, 0) is 11.3 Å². The number of rotatable bonds is 7. The van der Waals surface area contributed by atoms with Crippen molar-refractivity contribution in [2.45, 2.75) is 6.61 Å². The van der Waals surface area contributed by atoms with Crippen LogP contribution < -0.4 is 14.8 Å². The zero-order valence-corrected chi connectivity index (χ0v) is 16.2. The highest BCUT2D eigenvalue weighted by molar-refractivity contribution is 6.04. The minimum atomic E-state index is -0.171. The third kappa shape index (κ3) is 4.50. The van der Waals surface area contributed by atoms with Crippen LogP contribution in [0.4, 0.5) is 5.69 Å². The molecule has 0 spiro atoms. The molecule has 1 amide bonds. The first-order valence-electron chi connectivity index (χ1n) is 8.86. The molecule has 144 valence electrons. The maximum absolute atomic E-state index is 12.6. The number of carbonyl (C=O) groups excluding carboxylic acids is 1. The van der Waals surface area contributed by atoms with Gasteiger partial charge in [-0.15, -0.1) is 0 Å². The van der Waals surface area contributed by atoms with Gasteiger partial charge in [0.05, 0.1) is 20.8 Å². The molecule has 0 saturated heterocycles. The number of anilines is 1. The molecule has 0 bridgehead atoms. The molecule has 0 atom stereocenters. The Bertz CT molecular complexity index is 934. The quantitative estimate of drug-likeness (QED) is 0.644. The Balaban J connectivity index is 1.83. The second-order valence-corrected chi connectivity index (χ2v) is 6.23. The minimum Gasteiger partial charge on any atom is -0.497 e. The highest BCUT2D eigenvalue weighted by Crippen LogP contribution is 2.33. The predicted molar refractivity (Wildman–Crippen MR) is 110 cm³/mol. The van der Waals surface area contributed by atoms with Gasteiger partial charge in [-0.2, -0.15) is 0 Å². The van der Waals surface area contributed by atoms with E-state index in [1.165, 1.54) is 0 Å². The van der Waals surface area contributed by atoms with E-state index in [1.54, 1.807) is 33.5 Å². The van der Waals surface area contributed by atoms with E-state index >= 15 is 0 Å². The minimum absolute atomic E-state index is 0.171. The molecule has 28 heavy (non-hydrogen) atoms. The van der Waals surface area contributed by atoms with Gasteiger partial charge in [-0.25, -0.2) is 0 Å². The van der Waals surface area contributed by atoms with Gasteiger partial charge in [0, 0.05) is 23.9 Å². The lowest BCUT2D eigenvalue weighted by molar-refractivity contribution is 0.102. The van der Waals surface area contributed by atoms with Crippen molar-refractivity contribution in [3.8, 4) is 22.6 Å². The van der Waals surface area contributed by atoms with Crippen molar-refractivity contribution in [2.24, 2.45) is 0 Å². The molecule has 3 aromatic carbocycles. The average Bonchev–Trinajstić information content (AvgIpc) is 2.74. The third-order valence-electron chi connectivity index (χ3n) is 4.39. The Kier molecular flexibility index (Phi) is 6.29. The van der Waals surface area contributed by atoms with Crippen LogP contribution in [0.15, 0.2) is 66.7 Å². The molecule has 0 radical (unpaired) electrons. The van der Waals surface area contributed by atoms with Crippen LogP contribution in [0.5, 0.6) is 11.5 Å². The average molecular weight is 377 g/mol. The van der Waals surface area contributed by atoms with Crippen molar-refractivity contribution >= 4 is 11.6 Å². The lowest BCUT2D eigenvalue weighted by Crippen LogP contribution is -2.12. The van der Waals surface area contributed by atoms with Gasteiger partial charge in [-0.3, -0.25) is 4.79 Å². The number of methoxy groups -OCH3 is 3. The number of carbonyl (C=O) groups is 1. The fourth-order valence-electron chi connectivity index (χ4n) is 2.90. The molecule has 0 unspecified atom stereocenters. The number of amides is 1. The molecule has 5 heteroatoms. The van der Waals surface area contributed by atoms with Crippen molar-refractivity contribution < 1.29 is 19.0 Å². The van der Waals surface area contributed by atoms with E-state index in [1.807, 2.05) is 54.6 Å². The molecule has 0 fully saturated rings. The van der Waals surface area contributed by atoms with E-state index in [-0.39, 0.29) is 5.91 Å². The standard InChI is InChI=1S/C23H23NO4/c1-26-15-16-4-6-18(7-5-16)23(25)24-19-10-13-22(28-3)21(14-19)17-8-11-20(27-2)12-9-17/h4-14H,15H2,1-3H3,(H,24,25). The Labute approximate surface area is 164 Å². The van der Waals surface area contributed by atoms with Crippen LogP contribution in [0.2, 0.25) is 0 Å². The maximum atomic E-state index is 12.6. The van der Waals surface area contributed by atoms with Gasteiger partial charge < -0.3 is 19.5 Å². The van der Waals surface area contributed by atoms with Gasteiger partial charge in [0.2, 0.25) is 0 Å². The van der Waals surface area contributed by atoms with Crippen molar-refractivity contribution in [2.75, 3.05) is 26.6 Å². The van der Waals surface area contributed by atoms with E-state index in [0.717, 1.165) is 28.2 Å². The summed E-state index contributed by atoms with van der Waals surface area (Å²) in [5.41, 5.74) is 4.15. The van der Waals surface area contributed by atoms with Crippen LogP contribution in [-0.4, -0.2) is 27.2 Å². The summed E-state index contributed by atoms with van der Waals surface area (Å²) >= 11 is 0. The fraction of sp³-hybridized carbons (Fsp3) is 0.174. The van der Waals surface area contributed by atoms with Crippen LogP contribution in [0.3, 0.4) is 0 Å². The van der Waals surface area contributed by atoms with Gasteiger partial charge >= 0.3 is 0 Å². The molecular formula is C23H23NO4. The number of hydrogen-bond donors (Lipinski definition) is 1. The van der Waals surface area contributed by atoms with Crippen LogP contribution >= 0.6 is 0 Å². The summed E-state index contributed by atoms with van der Waals surface area (Å²) in [6.07, 6.45) is 0. The number of benzene rings is 3. The molecule has 0 aromatic heterocycles. The summed E-state index contributed by atoms with van der Waals surface area (Å²) < 4.78 is 15.8. The Hall–Kier alpha value is -3.31. The highest BCUT2D eigenvalue weighted by atomic mass is 16.5. The van der Waals surface area contributed by atoms with Crippen molar-refractivity contribution in [1.29, 1.82) is 0 Å². The Morgan fingerprint density at radius 1 is 0.857 bits per heavy atom. The van der Waals surface area contributed by atoms with Gasteiger partial charge in [-0.1, -0.05) is 24.3 Å². The lowest BCUT2D eigenvalue weighted by Gasteiger charge is -2.13. The van der Waals surface area contributed by atoms with Crippen molar-refractivity contribution in [3.63, 3.8) is 0 Å². The number of nitrogens with one attached hydrogen (secondary N) is 1. The monoisotopic (exact) mass is 377 g/mol. The molecular weight excluding hydrogens is 354 g/mol. The summed E-state index contributed by atoms with van der Waals surface area (Å²) in [7, 11) is 4.90. The molecule has 0 heterocycles. The zero-order valence-electron chi connectivity index (χ0n) is 16.2. The maximum Gasteiger partial charge on any atom is 0.255 e. The smallest absolute Gasteiger partial charge is 0.255 e. The number of ether oxygens (including phenoxy) is 3. The van der Waals surface area contributed by atoms with E-state index in [0.29, 0.717) is 17.9 Å². The van der Waals surface area contributed by atoms with Gasteiger partial charge in [0.25, 0.3) is 5.91 Å². The van der Waals surface area contributed by atoms with Crippen LogP contribution in [0.25, 0.3) is 11.1 Å². The first-order valence-corrected chi connectivity index (χ1v) is 8.86. The van der Waals surface area contributed by atoms with Gasteiger partial charge in [0.15, 0.2) is 0 Å². The van der Waals surface area contributed by atoms with Crippen molar-refractivity contribution in [1.82, 2.24) is 0 Å². The molecule has 0 saturated carbocycles. The second kappa shape index (κ2) is 9.06. The molecule has 5 nitrogen and oxygen atoms in total. The van der Waals surface area contributed by atoms with Gasteiger partial charge in [-0.05, 0) is 53.6 Å². The first-order chi connectivity index (χ1) is 13.6. The fourth-order valence-corrected chi connectivity index (χ4v) is 2.90. The number of hydrogen-bond acceptors (Lipinski definition) is 4. The Morgan fingerprint density at radius 3 is 2.18 bits per heavy atom. The van der Waals surface area contributed by atoms with E-state index in [9.17, 15) is 4.79 Å². The molecule has 3 aromatic rings. The van der Waals surface area contributed by atoms with Crippen molar-refractivity contribution in [3.05, 3.63) is 77.9 Å². The van der Waals surface area contributed by atoms with E-state index in [2.05, 4.69) is 5.32 Å². The summed E-state index contributed by atoms with van der Waals surface area (Å²) in [5, 5.41) is 2.94. The second-order valence-electron chi connectivity index (χ2n) is 6.23. The topological polar surface area (TPSA) is 56.8 Å². The molecule has 3 rings (SSSR count). The predicted octanol–water partition coefficient (Wildman–Crippen LogP) is 4.77. The van der Waals surface area contributed by atoms with Crippen LogP contribution in [0, 0.1) is 0 Å². The summed E-state index contributed by atoms with van der Waals surface area (Å²) in [4.78, 5) is 12.6. The van der Waals surface area contributed by atoms with E-state index < -0.39 is 0 Å². The van der Waals surface area contributed by atoms with Crippen LogP contribution in [0.1, 0.15) is 15.9 Å². The van der Waals surface area contributed by atoms with Gasteiger partial charge in [0.1, 0.15) is 11.5 Å².